The number of nitrogens with one attached hydrogen (secondary N) is 1. The Hall–Kier alpha value is -0.870. The second kappa shape index (κ2) is 6.01. The third-order valence-electron chi connectivity index (χ3n) is 2.19. The Morgan fingerprint density at radius 2 is 2.31 bits per heavy atom. The number of carbonyl (C=O) groups excluding carboxylic acids is 1. The first kappa shape index (κ1) is 13.2. The Balaban J connectivity index is 2.66. The lowest BCUT2D eigenvalue weighted by Gasteiger charge is -2.10. The van der Waals surface area contributed by atoms with Crippen molar-refractivity contribution in [1.29, 1.82) is 0 Å². The molecule has 0 bridgehead atoms. The van der Waals surface area contributed by atoms with Gasteiger partial charge in [0.15, 0.2) is 0 Å². The molecule has 0 saturated carbocycles. The van der Waals surface area contributed by atoms with Crippen LogP contribution in [0, 0.1) is 0 Å². The summed E-state index contributed by atoms with van der Waals surface area (Å²) >= 11 is 7.63. The minimum Gasteiger partial charge on any atom is -0.399 e. The average Bonchev–Trinajstić information content (AvgIpc) is 2.25. The number of nitrogens with two attached hydrogens (primary N) is 1. The summed E-state index contributed by atoms with van der Waals surface area (Å²) in [7, 11) is 0. The Labute approximate surface area is 105 Å². The maximum absolute atomic E-state index is 11.8. The smallest absolute Gasteiger partial charge is 0.252 e. The molecule has 3 nitrogen and oxygen atoms in total. The number of hydrogen-bond acceptors (Lipinski definition) is 3. The van der Waals surface area contributed by atoms with E-state index in [-0.39, 0.29) is 5.91 Å². The van der Waals surface area contributed by atoms with Crippen molar-refractivity contribution in [3.63, 3.8) is 0 Å². The fourth-order valence-corrected chi connectivity index (χ4v) is 1.66. The summed E-state index contributed by atoms with van der Waals surface area (Å²) in [6.07, 6.45) is 2.01. The normalized spacial score (nSPS) is 12.2. The molecule has 16 heavy (non-hydrogen) atoms. The van der Waals surface area contributed by atoms with Gasteiger partial charge in [0.05, 0.1) is 10.6 Å². The van der Waals surface area contributed by atoms with Gasteiger partial charge in [-0.15, -0.1) is 0 Å². The highest BCUT2D eigenvalue weighted by atomic mass is 35.5. The van der Waals surface area contributed by atoms with Gasteiger partial charge in [0, 0.05) is 17.5 Å². The van der Waals surface area contributed by atoms with E-state index in [0.717, 1.165) is 0 Å². The molecule has 1 atom stereocenters. The van der Waals surface area contributed by atoms with Crippen molar-refractivity contribution in [2.24, 2.45) is 0 Å². The number of benzene rings is 1. The van der Waals surface area contributed by atoms with Crippen LogP contribution >= 0.6 is 23.4 Å². The summed E-state index contributed by atoms with van der Waals surface area (Å²) in [6, 6.07) is 4.88. The lowest BCUT2D eigenvalue weighted by molar-refractivity contribution is 0.0954. The Bertz CT molecular complexity index is 384. The second-order valence-electron chi connectivity index (χ2n) is 3.50. The standard InChI is InChI=1S/C11H15ClN2OS/c1-7(16-2)6-14-11(15)9-4-3-8(13)5-10(9)12/h3-5,7H,6,13H2,1-2H3,(H,14,15). The van der Waals surface area contributed by atoms with Gasteiger partial charge in [-0.05, 0) is 24.5 Å². The molecule has 1 aromatic rings. The van der Waals surface area contributed by atoms with Crippen molar-refractivity contribution < 1.29 is 4.79 Å². The first-order valence-corrected chi connectivity index (χ1v) is 6.57. The number of halogens is 1. The summed E-state index contributed by atoms with van der Waals surface area (Å²) in [5.41, 5.74) is 6.57. The maximum Gasteiger partial charge on any atom is 0.252 e. The molecule has 0 spiro atoms. The van der Waals surface area contributed by atoms with E-state index >= 15 is 0 Å². The Morgan fingerprint density at radius 1 is 1.62 bits per heavy atom. The second-order valence-corrected chi connectivity index (χ2v) is 5.18. The molecule has 0 aliphatic rings. The molecule has 1 rings (SSSR count). The lowest BCUT2D eigenvalue weighted by atomic mass is 10.2. The van der Waals surface area contributed by atoms with Crippen LogP contribution in [-0.4, -0.2) is 24.0 Å². The van der Waals surface area contributed by atoms with E-state index in [4.69, 9.17) is 17.3 Å². The van der Waals surface area contributed by atoms with Crippen molar-refractivity contribution in [2.75, 3.05) is 18.5 Å². The number of rotatable bonds is 4. The van der Waals surface area contributed by atoms with Gasteiger partial charge in [-0.1, -0.05) is 18.5 Å². The monoisotopic (exact) mass is 258 g/mol. The Morgan fingerprint density at radius 3 is 2.88 bits per heavy atom. The van der Waals surface area contributed by atoms with Crippen molar-refractivity contribution in [1.82, 2.24) is 5.32 Å². The van der Waals surface area contributed by atoms with E-state index < -0.39 is 0 Å². The van der Waals surface area contributed by atoms with Gasteiger partial charge in [0.1, 0.15) is 0 Å². The number of carbonyl (C=O) groups is 1. The molecule has 0 heterocycles. The molecule has 1 aromatic carbocycles. The van der Waals surface area contributed by atoms with Gasteiger partial charge >= 0.3 is 0 Å². The van der Waals surface area contributed by atoms with Crippen molar-refractivity contribution >= 4 is 35.0 Å². The number of thioether (sulfide) groups is 1. The van der Waals surface area contributed by atoms with Gasteiger partial charge in [0.25, 0.3) is 5.91 Å². The molecule has 0 aromatic heterocycles. The minimum absolute atomic E-state index is 0.161. The summed E-state index contributed by atoms with van der Waals surface area (Å²) in [4.78, 5) is 11.8. The molecule has 88 valence electrons. The highest BCUT2D eigenvalue weighted by molar-refractivity contribution is 7.99. The quantitative estimate of drug-likeness (QED) is 0.816. The first-order valence-electron chi connectivity index (χ1n) is 4.90. The van der Waals surface area contributed by atoms with Gasteiger partial charge < -0.3 is 11.1 Å². The first-order chi connectivity index (χ1) is 7.54. The topological polar surface area (TPSA) is 55.1 Å². The van der Waals surface area contributed by atoms with Crippen LogP contribution in [0.25, 0.3) is 0 Å². The van der Waals surface area contributed by atoms with Crippen molar-refractivity contribution in [3.8, 4) is 0 Å². The SMILES string of the molecule is CSC(C)CNC(=O)c1ccc(N)cc1Cl. The summed E-state index contributed by atoms with van der Waals surface area (Å²) < 4.78 is 0. The van der Waals surface area contributed by atoms with Gasteiger partial charge in [0.2, 0.25) is 0 Å². The molecule has 0 radical (unpaired) electrons. The van der Waals surface area contributed by atoms with Crippen LogP contribution in [0.4, 0.5) is 5.69 Å². The zero-order chi connectivity index (χ0) is 12.1. The van der Waals surface area contributed by atoms with E-state index in [1.807, 2.05) is 6.26 Å². The number of amides is 1. The highest BCUT2D eigenvalue weighted by Crippen LogP contribution is 2.19. The molecule has 5 heteroatoms. The molecule has 1 amide bonds. The van der Waals surface area contributed by atoms with E-state index in [1.54, 1.807) is 30.0 Å². The molecule has 0 aliphatic carbocycles. The fraction of sp³-hybridized carbons (Fsp3) is 0.364. The maximum atomic E-state index is 11.8. The van der Waals surface area contributed by atoms with Crippen LogP contribution in [0.2, 0.25) is 5.02 Å². The number of nitrogen functional groups attached to an aromatic ring is 1. The third-order valence-corrected chi connectivity index (χ3v) is 3.47. The molecule has 1 unspecified atom stereocenters. The Kier molecular flexibility index (Phi) is 4.96. The predicted octanol–water partition coefficient (Wildman–Crippen LogP) is 2.40. The third kappa shape index (κ3) is 3.61. The van der Waals surface area contributed by atoms with Crippen LogP contribution in [0.5, 0.6) is 0 Å². The van der Waals surface area contributed by atoms with Crippen LogP contribution in [0.1, 0.15) is 17.3 Å². The van der Waals surface area contributed by atoms with Crippen LogP contribution in [0.3, 0.4) is 0 Å². The number of anilines is 1. The molecule has 0 saturated heterocycles. The molecule has 0 fully saturated rings. The largest absolute Gasteiger partial charge is 0.399 e. The van der Waals surface area contributed by atoms with Crippen molar-refractivity contribution in [3.05, 3.63) is 28.8 Å². The molecule has 3 N–H and O–H groups in total. The molecular formula is C11H15ClN2OS. The van der Waals surface area contributed by atoms with Crippen LogP contribution in [0.15, 0.2) is 18.2 Å². The average molecular weight is 259 g/mol. The summed E-state index contributed by atoms with van der Waals surface area (Å²) in [6.45, 7) is 2.68. The van der Waals surface area contributed by atoms with E-state index in [1.165, 1.54) is 0 Å². The van der Waals surface area contributed by atoms with Gasteiger partial charge in [-0.2, -0.15) is 11.8 Å². The fourth-order valence-electron chi connectivity index (χ4n) is 1.13. The van der Waals surface area contributed by atoms with E-state index in [2.05, 4.69) is 12.2 Å². The van der Waals surface area contributed by atoms with Gasteiger partial charge in [-0.25, -0.2) is 0 Å². The zero-order valence-corrected chi connectivity index (χ0v) is 10.9. The molecular weight excluding hydrogens is 244 g/mol. The van der Waals surface area contributed by atoms with Crippen LogP contribution < -0.4 is 11.1 Å². The molecule has 0 aliphatic heterocycles. The zero-order valence-electron chi connectivity index (χ0n) is 9.29. The summed E-state index contributed by atoms with van der Waals surface area (Å²) in [5, 5.41) is 3.59. The van der Waals surface area contributed by atoms with Gasteiger partial charge in [-0.3, -0.25) is 4.79 Å². The number of hydrogen-bond donors (Lipinski definition) is 2. The summed E-state index contributed by atoms with van der Waals surface area (Å²) in [5.74, 6) is -0.161. The van der Waals surface area contributed by atoms with Crippen molar-refractivity contribution in [2.45, 2.75) is 12.2 Å². The predicted molar refractivity (Wildman–Crippen MR) is 71.2 cm³/mol. The minimum atomic E-state index is -0.161. The van der Waals surface area contributed by atoms with Crippen LogP contribution in [-0.2, 0) is 0 Å². The highest BCUT2D eigenvalue weighted by Gasteiger charge is 2.10. The lowest BCUT2D eigenvalue weighted by Crippen LogP contribution is -2.29. The van der Waals surface area contributed by atoms with E-state index in [0.29, 0.717) is 28.1 Å². The van der Waals surface area contributed by atoms with E-state index in [9.17, 15) is 4.79 Å².